The standard InChI is InChI=1S/C15H11NO5/c1-7-11(14(19)15(20)21-2)9-5-3-4-8-6-10(17)13(18)12(7)16(8)9/h3-6,18H,1-2H3. The van der Waals surface area contributed by atoms with E-state index in [0.29, 0.717) is 16.6 Å². The van der Waals surface area contributed by atoms with Gasteiger partial charge in [0, 0.05) is 6.07 Å². The first kappa shape index (κ1) is 13.1. The van der Waals surface area contributed by atoms with E-state index in [9.17, 15) is 19.5 Å². The zero-order valence-corrected chi connectivity index (χ0v) is 11.3. The van der Waals surface area contributed by atoms with Gasteiger partial charge in [0.25, 0.3) is 5.78 Å². The third-order valence-corrected chi connectivity index (χ3v) is 3.56. The number of hydrogen-bond acceptors (Lipinski definition) is 5. The van der Waals surface area contributed by atoms with Crippen molar-refractivity contribution in [1.29, 1.82) is 0 Å². The van der Waals surface area contributed by atoms with Gasteiger partial charge in [-0.2, -0.15) is 0 Å². The van der Waals surface area contributed by atoms with E-state index in [0.717, 1.165) is 7.11 Å². The Balaban J connectivity index is 2.54. The van der Waals surface area contributed by atoms with Crippen molar-refractivity contribution in [1.82, 2.24) is 4.40 Å². The molecule has 6 nitrogen and oxygen atoms in total. The molecule has 0 saturated heterocycles. The molecule has 3 aromatic heterocycles. The number of aryl methyl sites for hydroxylation is 1. The van der Waals surface area contributed by atoms with Gasteiger partial charge in [0.1, 0.15) is 0 Å². The van der Waals surface area contributed by atoms with Crippen LogP contribution in [-0.2, 0) is 9.53 Å². The van der Waals surface area contributed by atoms with E-state index in [1.54, 1.807) is 29.5 Å². The van der Waals surface area contributed by atoms with E-state index < -0.39 is 22.9 Å². The lowest BCUT2D eigenvalue weighted by molar-refractivity contribution is -0.135. The first-order valence-electron chi connectivity index (χ1n) is 6.19. The largest absolute Gasteiger partial charge is 0.503 e. The summed E-state index contributed by atoms with van der Waals surface area (Å²) in [5.74, 6) is -2.24. The number of esters is 1. The molecule has 0 atom stereocenters. The maximum absolute atomic E-state index is 12.2. The first-order chi connectivity index (χ1) is 9.97. The number of hydrogen-bond donors (Lipinski definition) is 1. The number of carbonyl (C=O) groups excluding carboxylic acids is 2. The molecule has 0 spiro atoms. The molecular weight excluding hydrogens is 274 g/mol. The predicted octanol–water partition coefficient (Wildman–Crippen LogP) is 1.26. The van der Waals surface area contributed by atoms with Crippen molar-refractivity contribution in [2.45, 2.75) is 6.92 Å². The third-order valence-electron chi connectivity index (χ3n) is 3.56. The molecule has 0 fully saturated rings. The SMILES string of the molecule is COC(=O)C(=O)c1c(C)c2c(O)c(=O)cc3cccc1n32. The van der Waals surface area contributed by atoms with Crippen LogP contribution in [0, 0.1) is 6.92 Å². The summed E-state index contributed by atoms with van der Waals surface area (Å²) in [5, 5.41) is 10.00. The molecule has 0 saturated carbocycles. The molecule has 1 N–H and O–H groups in total. The molecule has 0 aromatic carbocycles. The molecule has 3 rings (SSSR count). The number of pyridine rings is 2. The van der Waals surface area contributed by atoms with Crippen LogP contribution in [0.4, 0.5) is 0 Å². The van der Waals surface area contributed by atoms with Crippen LogP contribution in [-0.4, -0.2) is 28.4 Å². The number of nitrogens with zero attached hydrogens (tertiary/aromatic N) is 1. The topological polar surface area (TPSA) is 85.1 Å². The summed E-state index contributed by atoms with van der Waals surface area (Å²) in [6, 6.07) is 6.29. The van der Waals surface area contributed by atoms with Gasteiger partial charge >= 0.3 is 5.97 Å². The van der Waals surface area contributed by atoms with E-state index in [-0.39, 0.29) is 11.1 Å². The Bertz CT molecular complexity index is 954. The van der Waals surface area contributed by atoms with Crippen LogP contribution in [0.2, 0.25) is 0 Å². The van der Waals surface area contributed by atoms with Crippen molar-refractivity contribution in [3.63, 3.8) is 0 Å². The van der Waals surface area contributed by atoms with Crippen molar-refractivity contribution in [3.8, 4) is 5.75 Å². The second-order valence-electron chi connectivity index (χ2n) is 4.70. The van der Waals surface area contributed by atoms with Gasteiger partial charge in [0.15, 0.2) is 5.75 Å². The van der Waals surface area contributed by atoms with E-state index in [1.807, 2.05) is 0 Å². The third kappa shape index (κ3) is 1.62. The summed E-state index contributed by atoms with van der Waals surface area (Å²) in [4.78, 5) is 35.5. The quantitative estimate of drug-likeness (QED) is 0.435. The fourth-order valence-corrected chi connectivity index (χ4v) is 2.65. The van der Waals surface area contributed by atoms with Crippen molar-refractivity contribution >= 4 is 28.3 Å². The van der Waals surface area contributed by atoms with Gasteiger partial charge < -0.3 is 14.2 Å². The Morgan fingerprint density at radius 1 is 1.29 bits per heavy atom. The van der Waals surface area contributed by atoms with Gasteiger partial charge in [-0.15, -0.1) is 0 Å². The highest BCUT2D eigenvalue weighted by molar-refractivity contribution is 6.43. The Hall–Kier alpha value is -2.89. The molecule has 0 aliphatic rings. The zero-order valence-electron chi connectivity index (χ0n) is 11.3. The minimum Gasteiger partial charge on any atom is -0.503 e. The van der Waals surface area contributed by atoms with Crippen LogP contribution < -0.4 is 5.43 Å². The molecule has 0 aliphatic carbocycles. The van der Waals surface area contributed by atoms with E-state index in [4.69, 9.17) is 0 Å². The molecule has 3 aromatic rings. The van der Waals surface area contributed by atoms with Crippen LogP contribution >= 0.6 is 0 Å². The second kappa shape index (κ2) is 4.31. The van der Waals surface area contributed by atoms with Gasteiger partial charge in [-0.05, 0) is 24.6 Å². The number of aromatic hydroxyl groups is 1. The number of rotatable bonds is 2. The predicted molar refractivity (Wildman–Crippen MR) is 75.1 cm³/mol. The first-order valence-corrected chi connectivity index (χ1v) is 6.19. The van der Waals surface area contributed by atoms with Gasteiger partial charge in [-0.25, -0.2) is 4.79 Å². The lowest BCUT2D eigenvalue weighted by Crippen LogP contribution is -2.16. The van der Waals surface area contributed by atoms with Crippen LogP contribution in [0.15, 0.2) is 29.1 Å². The molecule has 3 heterocycles. The van der Waals surface area contributed by atoms with Gasteiger partial charge in [-0.3, -0.25) is 9.59 Å². The average molecular weight is 285 g/mol. The summed E-state index contributed by atoms with van der Waals surface area (Å²) in [5.41, 5.74) is 1.20. The van der Waals surface area contributed by atoms with Crippen molar-refractivity contribution < 1.29 is 19.4 Å². The van der Waals surface area contributed by atoms with E-state index in [1.165, 1.54) is 6.07 Å². The number of methoxy groups -OCH3 is 1. The van der Waals surface area contributed by atoms with Gasteiger partial charge in [0.2, 0.25) is 5.43 Å². The maximum Gasteiger partial charge on any atom is 0.379 e. The summed E-state index contributed by atoms with van der Waals surface area (Å²) in [7, 11) is 1.12. The van der Waals surface area contributed by atoms with Crippen molar-refractivity contribution in [2.24, 2.45) is 0 Å². The Morgan fingerprint density at radius 3 is 2.67 bits per heavy atom. The normalized spacial score (nSPS) is 11.1. The highest BCUT2D eigenvalue weighted by Gasteiger charge is 2.27. The fraction of sp³-hybridized carbons (Fsp3) is 0.133. The van der Waals surface area contributed by atoms with Crippen molar-refractivity contribution in [3.05, 3.63) is 45.6 Å². The summed E-state index contributed by atoms with van der Waals surface area (Å²) in [6.07, 6.45) is 0. The molecule has 0 amide bonds. The Labute approximate surface area is 118 Å². The number of ketones is 1. The highest BCUT2D eigenvalue weighted by atomic mass is 16.5. The molecule has 106 valence electrons. The monoisotopic (exact) mass is 285 g/mol. The highest BCUT2D eigenvalue weighted by Crippen LogP contribution is 2.31. The summed E-state index contributed by atoms with van der Waals surface area (Å²) < 4.78 is 6.05. The maximum atomic E-state index is 12.2. The minimum atomic E-state index is -0.989. The number of carbonyl (C=O) groups is 2. The Kier molecular flexibility index (Phi) is 2.69. The molecule has 6 heteroatoms. The lowest BCUT2D eigenvalue weighted by Gasteiger charge is -2.03. The smallest absolute Gasteiger partial charge is 0.379 e. The molecule has 0 bridgehead atoms. The van der Waals surface area contributed by atoms with Gasteiger partial charge in [0.05, 0.1) is 29.2 Å². The molecule has 0 aliphatic heterocycles. The zero-order chi connectivity index (χ0) is 15.3. The minimum absolute atomic E-state index is 0.133. The molecule has 0 unspecified atom stereocenters. The lowest BCUT2D eigenvalue weighted by atomic mass is 10.1. The van der Waals surface area contributed by atoms with Crippen molar-refractivity contribution in [2.75, 3.05) is 7.11 Å². The molecule has 21 heavy (non-hydrogen) atoms. The fourth-order valence-electron chi connectivity index (χ4n) is 2.65. The van der Waals surface area contributed by atoms with Crippen LogP contribution in [0.1, 0.15) is 15.9 Å². The van der Waals surface area contributed by atoms with Crippen LogP contribution in [0.25, 0.3) is 16.6 Å². The second-order valence-corrected chi connectivity index (χ2v) is 4.70. The Morgan fingerprint density at radius 2 is 2.00 bits per heavy atom. The van der Waals surface area contributed by atoms with Crippen LogP contribution in [0.5, 0.6) is 5.75 Å². The van der Waals surface area contributed by atoms with Crippen LogP contribution in [0.3, 0.4) is 0 Å². The number of aromatic nitrogens is 1. The average Bonchev–Trinajstić information content (AvgIpc) is 2.77. The van der Waals surface area contributed by atoms with E-state index >= 15 is 0 Å². The number of Topliss-reactive ketones (excluding diaryl/α,β-unsaturated/α-hetero) is 1. The van der Waals surface area contributed by atoms with E-state index in [2.05, 4.69) is 4.74 Å². The molecule has 0 radical (unpaired) electrons. The van der Waals surface area contributed by atoms with Gasteiger partial charge in [-0.1, -0.05) is 6.07 Å². The summed E-state index contributed by atoms with van der Waals surface area (Å²) in [6.45, 7) is 1.58. The molecular formula is C15H11NO5. The summed E-state index contributed by atoms with van der Waals surface area (Å²) >= 11 is 0. The number of ether oxygens (including phenoxy) is 1.